The van der Waals surface area contributed by atoms with Crippen LogP contribution in [0.25, 0.3) is 10.7 Å². The normalized spacial score (nSPS) is 10.4. The minimum absolute atomic E-state index is 0.0991. The third kappa shape index (κ3) is 3.82. The molecule has 0 aliphatic carbocycles. The fourth-order valence-corrected chi connectivity index (χ4v) is 3.03. The molecule has 0 aliphatic rings. The molecule has 2 N–H and O–H groups in total. The summed E-state index contributed by atoms with van der Waals surface area (Å²) >= 11 is 2.82. The van der Waals surface area contributed by atoms with Crippen molar-refractivity contribution < 1.29 is 14.1 Å². The van der Waals surface area contributed by atoms with Crippen molar-refractivity contribution in [3.8, 4) is 10.7 Å². The molecule has 23 heavy (non-hydrogen) atoms. The molecule has 0 bridgehead atoms. The van der Waals surface area contributed by atoms with Crippen molar-refractivity contribution >= 4 is 34.5 Å². The summed E-state index contributed by atoms with van der Waals surface area (Å²) in [6.45, 7) is 0.584. The van der Waals surface area contributed by atoms with Gasteiger partial charge in [0, 0.05) is 13.1 Å². The monoisotopic (exact) mass is 348 g/mol. The number of carbonyl (C=O) groups is 2. The van der Waals surface area contributed by atoms with E-state index >= 15 is 0 Å². The molecule has 2 amide bonds. The maximum Gasteiger partial charge on any atom is 0.316 e. The van der Waals surface area contributed by atoms with Gasteiger partial charge in [-0.2, -0.15) is 4.98 Å². The molecule has 0 aromatic carbocycles. The Kier molecular flexibility index (Phi) is 4.79. The number of nitrogens with one attached hydrogen (secondary N) is 2. The van der Waals surface area contributed by atoms with Crippen LogP contribution >= 0.6 is 22.7 Å². The van der Waals surface area contributed by atoms with Crippen LogP contribution in [0.3, 0.4) is 0 Å². The lowest BCUT2D eigenvalue weighted by molar-refractivity contribution is 0.0899. The molecule has 3 heterocycles. The largest absolute Gasteiger partial charge is 0.350 e. The fraction of sp³-hybridized carbons (Fsp3) is 0.143. The highest BCUT2D eigenvalue weighted by molar-refractivity contribution is 7.13. The number of thiophene rings is 2. The van der Waals surface area contributed by atoms with Crippen LogP contribution in [-0.2, 0) is 0 Å². The average molecular weight is 348 g/mol. The summed E-state index contributed by atoms with van der Waals surface area (Å²) < 4.78 is 4.94. The van der Waals surface area contributed by atoms with Gasteiger partial charge in [-0.3, -0.25) is 9.59 Å². The van der Waals surface area contributed by atoms with Gasteiger partial charge in [-0.1, -0.05) is 17.3 Å². The van der Waals surface area contributed by atoms with Crippen molar-refractivity contribution in [1.82, 2.24) is 20.8 Å². The molecular weight excluding hydrogens is 336 g/mol. The molecule has 3 rings (SSSR count). The molecule has 0 saturated heterocycles. The second kappa shape index (κ2) is 7.16. The van der Waals surface area contributed by atoms with Gasteiger partial charge >= 0.3 is 11.8 Å². The van der Waals surface area contributed by atoms with Crippen LogP contribution in [0.4, 0.5) is 0 Å². The van der Waals surface area contributed by atoms with Crippen LogP contribution in [0.1, 0.15) is 20.4 Å². The van der Waals surface area contributed by atoms with Crippen LogP contribution in [-0.4, -0.2) is 35.0 Å². The SMILES string of the molecule is O=C(NCCNC(=O)c1cccs1)c1nc(-c2cccs2)no1. The lowest BCUT2D eigenvalue weighted by atomic mass is 10.4. The van der Waals surface area contributed by atoms with Gasteiger partial charge in [0.2, 0.25) is 5.82 Å². The second-order valence-corrected chi connectivity index (χ2v) is 6.28. The molecule has 0 atom stereocenters. The Morgan fingerprint density at radius 3 is 2.48 bits per heavy atom. The predicted molar refractivity (Wildman–Crippen MR) is 86.6 cm³/mol. The highest BCUT2D eigenvalue weighted by Gasteiger charge is 2.16. The van der Waals surface area contributed by atoms with Gasteiger partial charge in [0.15, 0.2) is 0 Å². The Balaban J connectivity index is 1.45. The molecule has 3 aromatic heterocycles. The van der Waals surface area contributed by atoms with Crippen LogP contribution in [0.5, 0.6) is 0 Å². The summed E-state index contributed by atoms with van der Waals surface area (Å²) in [5.74, 6) is -0.341. The van der Waals surface area contributed by atoms with Crippen LogP contribution in [0.15, 0.2) is 39.5 Å². The first-order chi connectivity index (χ1) is 11.2. The van der Waals surface area contributed by atoms with Crippen molar-refractivity contribution in [3.63, 3.8) is 0 Å². The van der Waals surface area contributed by atoms with Crippen molar-refractivity contribution in [2.45, 2.75) is 0 Å². The molecule has 3 aromatic rings. The molecular formula is C14H12N4O3S2. The van der Waals surface area contributed by atoms with Gasteiger partial charge < -0.3 is 15.2 Å². The summed E-state index contributed by atoms with van der Waals surface area (Å²) in [7, 11) is 0. The highest BCUT2D eigenvalue weighted by Crippen LogP contribution is 2.21. The summed E-state index contributed by atoms with van der Waals surface area (Å²) in [6, 6.07) is 7.26. The first kappa shape index (κ1) is 15.4. The Morgan fingerprint density at radius 2 is 1.78 bits per heavy atom. The molecule has 0 unspecified atom stereocenters. The van der Waals surface area contributed by atoms with Gasteiger partial charge in [-0.25, -0.2) is 0 Å². The predicted octanol–water partition coefficient (Wildman–Crippen LogP) is 2.02. The maximum absolute atomic E-state index is 11.9. The third-order valence-electron chi connectivity index (χ3n) is 2.80. The standard InChI is InChI=1S/C14H12N4O3S2/c19-12(10-4-2-8-23-10)15-5-6-16-13(20)14-17-11(18-21-14)9-3-1-7-22-9/h1-4,7-8H,5-6H2,(H,15,19)(H,16,20). The van der Waals surface area contributed by atoms with E-state index in [-0.39, 0.29) is 18.3 Å². The molecule has 7 nitrogen and oxygen atoms in total. The van der Waals surface area contributed by atoms with E-state index in [0.717, 1.165) is 4.88 Å². The Bertz CT molecular complexity index is 781. The molecule has 0 saturated carbocycles. The van der Waals surface area contributed by atoms with E-state index in [1.165, 1.54) is 22.7 Å². The first-order valence-electron chi connectivity index (χ1n) is 6.71. The van der Waals surface area contributed by atoms with Crippen LogP contribution in [0, 0.1) is 0 Å². The minimum Gasteiger partial charge on any atom is -0.350 e. The molecule has 0 fully saturated rings. The van der Waals surface area contributed by atoms with Crippen molar-refractivity contribution in [2.75, 3.05) is 13.1 Å². The molecule has 0 aliphatic heterocycles. The molecule has 9 heteroatoms. The number of carbonyl (C=O) groups excluding carboxylic acids is 2. The van der Waals surface area contributed by atoms with Crippen LogP contribution < -0.4 is 10.6 Å². The van der Waals surface area contributed by atoms with E-state index in [2.05, 4.69) is 20.8 Å². The number of aromatic nitrogens is 2. The molecule has 0 radical (unpaired) electrons. The van der Waals surface area contributed by atoms with Gasteiger partial charge in [-0.15, -0.1) is 22.7 Å². The van der Waals surface area contributed by atoms with Crippen LogP contribution in [0.2, 0.25) is 0 Å². The summed E-state index contributed by atoms with van der Waals surface area (Å²) in [6.07, 6.45) is 0. The Hall–Kier alpha value is -2.52. The van der Waals surface area contributed by atoms with E-state index in [0.29, 0.717) is 17.2 Å². The number of hydrogen-bond acceptors (Lipinski definition) is 7. The quantitative estimate of drug-likeness (QED) is 0.664. The van der Waals surface area contributed by atoms with E-state index < -0.39 is 5.91 Å². The van der Waals surface area contributed by atoms with Gasteiger partial charge in [0.25, 0.3) is 5.91 Å². The van der Waals surface area contributed by atoms with E-state index in [4.69, 9.17) is 4.52 Å². The zero-order valence-electron chi connectivity index (χ0n) is 11.8. The van der Waals surface area contributed by atoms with Gasteiger partial charge in [0.05, 0.1) is 9.75 Å². The number of nitrogens with zero attached hydrogens (tertiary/aromatic N) is 2. The fourth-order valence-electron chi connectivity index (χ4n) is 1.74. The van der Waals surface area contributed by atoms with Gasteiger partial charge in [0.1, 0.15) is 0 Å². The minimum atomic E-state index is -0.467. The number of rotatable bonds is 6. The summed E-state index contributed by atoms with van der Waals surface area (Å²) in [5.41, 5.74) is 0. The summed E-state index contributed by atoms with van der Waals surface area (Å²) in [4.78, 5) is 29.1. The van der Waals surface area contributed by atoms with Crippen molar-refractivity contribution in [2.24, 2.45) is 0 Å². The zero-order chi connectivity index (χ0) is 16.1. The van der Waals surface area contributed by atoms with Crippen molar-refractivity contribution in [3.05, 3.63) is 45.8 Å². The van der Waals surface area contributed by atoms with E-state index in [1.807, 2.05) is 29.0 Å². The average Bonchev–Trinajstić information content (AvgIpc) is 3.32. The number of amides is 2. The van der Waals surface area contributed by atoms with E-state index in [1.54, 1.807) is 6.07 Å². The third-order valence-corrected chi connectivity index (χ3v) is 4.54. The second-order valence-electron chi connectivity index (χ2n) is 4.39. The Morgan fingerprint density at radius 1 is 1.04 bits per heavy atom. The first-order valence-corrected chi connectivity index (χ1v) is 8.47. The smallest absolute Gasteiger partial charge is 0.316 e. The zero-order valence-corrected chi connectivity index (χ0v) is 13.4. The number of hydrogen-bond donors (Lipinski definition) is 2. The lowest BCUT2D eigenvalue weighted by Gasteiger charge is -2.04. The van der Waals surface area contributed by atoms with E-state index in [9.17, 15) is 9.59 Å². The van der Waals surface area contributed by atoms with Crippen molar-refractivity contribution in [1.29, 1.82) is 0 Å². The lowest BCUT2D eigenvalue weighted by Crippen LogP contribution is -2.34. The molecule has 118 valence electrons. The van der Waals surface area contributed by atoms with Gasteiger partial charge in [-0.05, 0) is 22.9 Å². The summed E-state index contributed by atoms with van der Waals surface area (Å²) in [5, 5.41) is 12.8. The highest BCUT2D eigenvalue weighted by atomic mass is 32.1. The molecule has 0 spiro atoms. The Labute approximate surface area is 139 Å². The maximum atomic E-state index is 11.9. The topological polar surface area (TPSA) is 97.1 Å².